The molecule has 0 saturated heterocycles. The minimum atomic E-state index is -0.588. The number of amides is 2. The van der Waals surface area contributed by atoms with E-state index < -0.39 is 6.10 Å². The van der Waals surface area contributed by atoms with Crippen molar-refractivity contribution in [2.45, 2.75) is 26.0 Å². The second-order valence-corrected chi connectivity index (χ2v) is 5.04. The maximum absolute atomic E-state index is 11.3. The summed E-state index contributed by atoms with van der Waals surface area (Å²) in [6.45, 7) is 5.55. The van der Waals surface area contributed by atoms with Crippen LogP contribution in [-0.4, -0.2) is 49.5 Å². The third-order valence-corrected chi connectivity index (χ3v) is 2.57. The number of aliphatic hydroxyl groups excluding tert-OH is 1. The highest BCUT2D eigenvalue weighted by molar-refractivity contribution is 5.74. The first-order valence-corrected chi connectivity index (χ1v) is 7.19. The second-order valence-electron chi connectivity index (χ2n) is 5.04. The topological polar surface area (TPSA) is 82.6 Å². The lowest BCUT2D eigenvalue weighted by Gasteiger charge is -2.14. The highest BCUT2D eigenvalue weighted by Gasteiger charge is 2.05. The van der Waals surface area contributed by atoms with Crippen LogP contribution in [0, 0.1) is 0 Å². The normalized spacial score (nSPS) is 12.0. The van der Waals surface area contributed by atoms with Crippen LogP contribution < -0.4 is 20.7 Å². The SMILES string of the molecule is CC(C)NC(=O)NCCNC[C@@H](O)COc1ccccc1. The van der Waals surface area contributed by atoms with Crippen molar-refractivity contribution in [3.63, 3.8) is 0 Å². The van der Waals surface area contributed by atoms with Crippen molar-refractivity contribution in [1.82, 2.24) is 16.0 Å². The van der Waals surface area contributed by atoms with Gasteiger partial charge in [0.05, 0.1) is 0 Å². The Morgan fingerprint density at radius 2 is 1.95 bits per heavy atom. The van der Waals surface area contributed by atoms with Crippen LogP contribution in [0.3, 0.4) is 0 Å². The molecule has 1 aromatic rings. The number of hydrogen-bond donors (Lipinski definition) is 4. The maximum atomic E-state index is 11.3. The highest BCUT2D eigenvalue weighted by atomic mass is 16.5. The summed E-state index contributed by atoms with van der Waals surface area (Å²) in [6.07, 6.45) is -0.588. The van der Waals surface area contributed by atoms with Gasteiger partial charge in [-0.25, -0.2) is 4.79 Å². The van der Waals surface area contributed by atoms with Crippen molar-refractivity contribution < 1.29 is 14.6 Å². The van der Waals surface area contributed by atoms with E-state index in [1.54, 1.807) is 0 Å². The molecule has 0 saturated carbocycles. The molecule has 2 amide bonds. The monoisotopic (exact) mass is 295 g/mol. The molecular weight excluding hydrogens is 270 g/mol. The van der Waals surface area contributed by atoms with Gasteiger partial charge < -0.3 is 25.8 Å². The van der Waals surface area contributed by atoms with Gasteiger partial charge in [0.1, 0.15) is 18.5 Å². The highest BCUT2D eigenvalue weighted by Crippen LogP contribution is 2.08. The van der Waals surface area contributed by atoms with Gasteiger partial charge in [-0.05, 0) is 26.0 Å². The molecule has 0 fully saturated rings. The van der Waals surface area contributed by atoms with E-state index in [9.17, 15) is 9.90 Å². The van der Waals surface area contributed by atoms with Gasteiger partial charge in [-0.1, -0.05) is 18.2 Å². The molecule has 4 N–H and O–H groups in total. The molecule has 0 aliphatic carbocycles. The summed E-state index contributed by atoms with van der Waals surface area (Å²) in [6, 6.07) is 9.30. The van der Waals surface area contributed by atoms with Gasteiger partial charge >= 0.3 is 6.03 Å². The average molecular weight is 295 g/mol. The number of carbonyl (C=O) groups is 1. The van der Waals surface area contributed by atoms with Gasteiger partial charge in [0.15, 0.2) is 0 Å². The molecular formula is C15H25N3O3. The molecule has 6 heteroatoms. The third-order valence-electron chi connectivity index (χ3n) is 2.57. The van der Waals surface area contributed by atoms with Crippen LogP contribution in [0.1, 0.15) is 13.8 Å². The van der Waals surface area contributed by atoms with Gasteiger partial charge in [-0.3, -0.25) is 0 Å². The third kappa shape index (κ3) is 8.88. The zero-order chi connectivity index (χ0) is 15.5. The van der Waals surface area contributed by atoms with Gasteiger partial charge in [-0.2, -0.15) is 0 Å². The number of carbonyl (C=O) groups excluding carboxylic acids is 1. The lowest BCUT2D eigenvalue weighted by Crippen LogP contribution is -2.43. The number of urea groups is 1. The fraction of sp³-hybridized carbons (Fsp3) is 0.533. The molecule has 118 valence electrons. The van der Waals surface area contributed by atoms with Crippen molar-refractivity contribution in [3.8, 4) is 5.75 Å². The first-order chi connectivity index (χ1) is 10.1. The summed E-state index contributed by atoms with van der Waals surface area (Å²) < 4.78 is 5.44. The molecule has 1 aromatic carbocycles. The quantitative estimate of drug-likeness (QED) is 0.506. The molecule has 6 nitrogen and oxygen atoms in total. The van der Waals surface area contributed by atoms with Crippen molar-refractivity contribution in [2.75, 3.05) is 26.2 Å². The van der Waals surface area contributed by atoms with Gasteiger partial charge in [0.2, 0.25) is 0 Å². The molecule has 0 spiro atoms. The molecule has 0 heterocycles. The van der Waals surface area contributed by atoms with E-state index in [1.807, 2.05) is 44.2 Å². The first kappa shape index (κ1) is 17.3. The number of para-hydroxylation sites is 1. The van der Waals surface area contributed by atoms with E-state index in [4.69, 9.17) is 4.74 Å². The number of aliphatic hydroxyl groups is 1. The Balaban J connectivity index is 2.01. The van der Waals surface area contributed by atoms with E-state index >= 15 is 0 Å². The van der Waals surface area contributed by atoms with Crippen molar-refractivity contribution in [1.29, 1.82) is 0 Å². The summed E-state index contributed by atoms with van der Waals surface area (Å²) in [7, 11) is 0. The van der Waals surface area contributed by atoms with Crippen LogP contribution in [0.25, 0.3) is 0 Å². The van der Waals surface area contributed by atoms with Crippen molar-refractivity contribution in [2.24, 2.45) is 0 Å². The van der Waals surface area contributed by atoms with Gasteiger partial charge in [0, 0.05) is 25.7 Å². The van der Waals surface area contributed by atoms with Crippen LogP contribution in [0.2, 0.25) is 0 Å². The van der Waals surface area contributed by atoms with Gasteiger partial charge in [-0.15, -0.1) is 0 Å². The number of ether oxygens (including phenoxy) is 1. The summed E-state index contributed by atoms with van der Waals surface area (Å²) >= 11 is 0. The van der Waals surface area contributed by atoms with Crippen molar-refractivity contribution >= 4 is 6.03 Å². The summed E-state index contributed by atoms with van der Waals surface area (Å²) in [5.74, 6) is 0.739. The summed E-state index contributed by atoms with van der Waals surface area (Å²) in [5, 5.41) is 18.3. The number of benzene rings is 1. The number of nitrogens with one attached hydrogen (secondary N) is 3. The molecule has 0 radical (unpaired) electrons. The molecule has 0 aliphatic rings. The van der Waals surface area contributed by atoms with Crippen LogP contribution in [-0.2, 0) is 0 Å². The molecule has 1 rings (SSSR count). The van der Waals surface area contributed by atoms with Crippen LogP contribution in [0.15, 0.2) is 30.3 Å². The van der Waals surface area contributed by atoms with E-state index in [2.05, 4.69) is 16.0 Å². The van der Waals surface area contributed by atoms with E-state index in [0.717, 1.165) is 5.75 Å². The minimum absolute atomic E-state index is 0.120. The predicted octanol–water partition coefficient (Wildman–Crippen LogP) is 0.724. The standard InChI is InChI=1S/C15H25N3O3/c1-12(2)18-15(20)17-9-8-16-10-13(19)11-21-14-6-4-3-5-7-14/h3-7,12-13,16,19H,8-11H2,1-2H3,(H2,17,18,20)/t13-/m1/s1. The molecule has 1 atom stereocenters. The van der Waals surface area contributed by atoms with Gasteiger partial charge in [0.25, 0.3) is 0 Å². The Hall–Kier alpha value is -1.79. The minimum Gasteiger partial charge on any atom is -0.491 e. The van der Waals surface area contributed by atoms with Crippen LogP contribution in [0.5, 0.6) is 5.75 Å². The Morgan fingerprint density at radius 1 is 1.24 bits per heavy atom. The van der Waals surface area contributed by atoms with E-state index in [-0.39, 0.29) is 18.7 Å². The maximum Gasteiger partial charge on any atom is 0.315 e. The zero-order valence-electron chi connectivity index (χ0n) is 12.6. The average Bonchev–Trinajstić information content (AvgIpc) is 2.45. The Morgan fingerprint density at radius 3 is 2.62 bits per heavy atom. The first-order valence-electron chi connectivity index (χ1n) is 7.19. The largest absolute Gasteiger partial charge is 0.491 e. The number of rotatable bonds is 9. The summed E-state index contributed by atoms with van der Waals surface area (Å²) in [5.41, 5.74) is 0. The fourth-order valence-corrected chi connectivity index (χ4v) is 1.61. The van der Waals surface area contributed by atoms with Crippen LogP contribution in [0.4, 0.5) is 4.79 Å². The molecule has 21 heavy (non-hydrogen) atoms. The fourth-order valence-electron chi connectivity index (χ4n) is 1.61. The molecule has 0 aliphatic heterocycles. The Kier molecular flexibility index (Phi) is 8.23. The second kappa shape index (κ2) is 10.0. The van der Waals surface area contributed by atoms with Crippen molar-refractivity contribution in [3.05, 3.63) is 30.3 Å². The molecule has 0 aromatic heterocycles. The Labute approximate surface area is 125 Å². The van der Waals surface area contributed by atoms with Crippen LogP contribution >= 0.6 is 0 Å². The molecule has 0 unspecified atom stereocenters. The lowest BCUT2D eigenvalue weighted by molar-refractivity contribution is 0.106. The Bertz CT molecular complexity index is 398. The van der Waals surface area contributed by atoms with E-state index in [0.29, 0.717) is 19.6 Å². The zero-order valence-corrected chi connectivity index (χ0v) is 12.6. The van der Waals surface area contributed by atoms with E-state index in [1.165, 1.54) is 0 Å². The molecule has 0 bridgehead atoms. The lowest BCUT2D eigenvalue weighted by atomic mass is 10.3. The number of hydrogen-bond acceptors (Lipinski definition) is 4. The predicted molar refractivity (Wildman–Crippen MR) is 82.5 cm³/mol. The summed E-state index contributed by atoms with van der Waals surface area (Å²) in [4.78, 5) is 11.3. The smallest absolute Gasteiger partial charge is 0.315 e.